The number of aliphatic hydroxyl groups is 1. The summed E-state index contributed by atoms with van der Waals surface area (Å²) in [5, 5.41) is 12.3. The first-order valence-electron chi connectivity index (χ1n) is 6.37. The van der Waals surface area contributed by atoms with E-state index in [2.05, 4.69) is 15.9 Å². The molecule has 0 radical (unpaired) electrons. The molecule has 1 atom stereocenters. The molecule has 0 saturated carbocycles. The number of hydrogen-bond donors (Lipinski definition) is 1. The van der Waals surface area contributed by atoms with E-state index in [1.165, 1.54) is 0 Å². The third kappa shape index (κ3) is 2.69. The molecule has 4 heteroatoms. The van der Waals surface area contributed by atoms with Gasteiger partial charge in [0, 0.05) is 10.5 Å². The largest absolute Gasteiger partial charge is 0.384 e. The highest BCUT2D eigenvalue weighted by Crippen LogP contribution is 2.33. The summed E-state index contributed by atoms with van der Waals surface area (Å²) >= 11 is 3.46. The van der Waals surface area contributed by atoms with Crippen molar-refractivity contribution < 1.29 is 13.9 Å². The second-order valence-electron chi connectivity index (χ2n) is 4.79. The fraction of sp³-hybridized carbons (Fsp3) is 0.0588. The van der Waals surface area contributed by atoms with E-state index in [1.54, 1.807) is 6.07 Å². The molecular formula is C17H11BrF2O. The molecule has 3 aromatic rings. The Morgan fingerprint density at radius 2 is 1.48 bits per heavy atom. The average Bonchev–Trinajstić information content (AvgIpc) is 2.46. The summed E-state index contributed by atoms with van der Waals surface area (Å²) in [5.41, 5.74) is 0.804. The van der Waals surface area contributed by atoms with Gasteiger partial charge in [-0.3, -0.25) is 0 Å². The number of aliphatic hydroxyl groups excluding tert-OH is 1. The number of fused-ring (bicyclic) bond motifs is 1. The minimum atomic E-state index is -1.09. The molecule has 0 amide bonds. The van der Waals surface area contributed by atoms with Gasteiger partial charge in [0.1, 0.15) is 17.7 Å². The van der Waals surface area contributed by atoms with Gasteiger partial charge in [0.25, 0.3) is 0 Å². The molecule has 3 rings (SSSR count). The molecule has 0 fully saturated rings. The number of hydrogen-bond acceptors (Lipinski definition) is 1. The van der Waals surface area contributed by atoms with Crippen molar-refractivity contribution in [2.75, 3.05) is 0 Å². The lowest BCUT2D eigenvalue weighted by Gasteiger charge is -2.15. The van der Waals surface area contributed by atoms with Crippen LogP contribution in [0, 0.1) is 11.6 Å². The fourth-order valence-electron chi connectivity index (χ4n) is 2.44. The van der Waals surface area contributed by atoms with E-state index in [1.807, 2.05) is 30.3 Å². The zero-order valence-electron chi connectivity index (χ0n) is 10.9. The van der Waals surface area contributed by atoms with Gasteiger partial charge in [-0.25, -0.2) is 8.78 Å². The van der Waals surface area contributed by atoms with Crippen molar-refractivity contribution >= 4 is 26.7 Å². The molecule has 0 saturated heterocycles. The van der Waals surface area contributed by atoms with Crippen molar-refractivity contribution in [3.05, 3.63) is 81.8 Å². The Bertz CT molecular complexity index is 797. The first-order valence-corrected chi connectivity index (χ1v) is 7.17. The van der Waals surface area contributed by atoms with Crippen molar-refractivity contribution in [1.29, 1.82) is 0 Å². The SMILES string of the molecule is OC(c1cc(F)cc(F)c1)c1ccc(Br)c2ccccc12. The molecule has 0 bridgehead atoms. The second kappa shape index (κ2) is 5.54. The Labute approximate surface area is 129 Å². The molecule has 1 unspecified atom stereocenters. The van der Waals surface area contributed by atoms with Gasteiger partial charge >= 0.3 is 0 Å². The van der Waals surface area contributed by atoms with E-state index in [-0.39, 0.29) is 5.56 Å². The van der Waals surface area contributed by atoms with Crippen LogP contribution in [0.5, 0.6) is 0 Å². The molecule has 0 heterocycles. The smallest absolute Gasteiger partial charge is 0.126 e. The molecule has 1 N–H and O–H groups in total. The van der Waals surface area contributed by atoms with Crippen molar-refractivity contribution in [2.24, 2.45) is 0 Å². The zero-order valence-corrected chi connectivity index (χ0v) is 12.4. The van der Waals surface area contributed by atoms with Gasteiger partial charge in [0.15, 0.2) is 0 Å². The molecule has 0 spiro atoms. The zero-order chi connectivity index (χ0) is 15.0. The van der Waals surface area contributed by atoms with Gasteiger partial charge in [0.2, 0.25) is 0 Å². The molecule has 0 aliphatic carbocycles. The fourth-order valence-corrected chi connectivity index (χ4v) is 2.91. The molecule has 0 aliphatic heterocycles. The van der Waals surface area contributed by atoms with E-state index < -0.39 is 17.7 Å². The summed E-state index contributed by atoms with van der Waals surface area (Å²) in [7, 11) is 0. The maximum absolute atomic E-state index is 13.3. The minimum absolute atomic E-state index is 0.194. The average molecular weight is 349 g/mol. The third-order valence-electron chi connectivity index (χ3n) is 3.40. The van der Waals surface area contributed by atoms with Gasteiger partial charge in [-0.1, -0.05) is 46.3 Å². The monoisotopic (exact) mass is 348 g/mol. The van der Waals surface area contributed by atoms with Crippen molar-refractivity contribution in [3.8, 4) is 0 Å². The van der Waals surface area contributed by atoms with Crippen LogP contribution < -0.4 is 0 Å². The van der Waals surface area contributed by atoms with Crippen LogP contribution in [0.25, 0.3) is 10.8 Å². The standard InChI is InChI=1S/C17H11BrF2O/c18-16-6-5-15(13-3-1-2-4-14(13)16)17(21)10-7-11(19)9-12(20)8-10/h1-9,17,21H. The Kier molecular flexibility index (Phi) is 3.74. The normalized spacial score (nSPS) is 12.6. The van der Waals surface area contributed by atoms with Gasteiger partial charge in [-0.15, -0.1) is 0 Å². The molecule has 1 nitrogen and oxygen atoms in total. The highest BCUT2D eigenvalue weighted by molar-refractivity contribution is 9.10. The van der Waals surface area contributed by atoms with Gasteiger partial charge in [-0.05, 0) is 40.1 Å². The quantitative estimate of drug-likeness (QED) is 0.693. The van der Waals surface area contributed by atoms with Crippen LogP contribution in [0.15, 0.2) is 59.1 Å². The van der Waals surface area contributed by atoms with Gasteiger partial charge in [-0.2, -0.15) is 0 Å². The molecule has 0 aromatic heterocycles. The molecule has 0 aliphatic rings. The number of benzene rings is 3. The summed E-state index contributed by atoms with van der Waals surface area (Å²) in [5.74, 6) is -1.41. The summed E-state index contributed by atoms with van der Waals surface area (Å²) in [6, 6.07) is 14.2. The molecular weight excluding hydrogens is 338 g/mol. The van der Waals surface area contributed by atoms with Gasteiger partial charge < -0.3 is 5.11 Å². The van der Waals surface area contributed by atoms with E-state index in [9.17, 15) is 13.9 Å². The second-order valence-corrected chi connectivity index (χ2v) is 5.64. The lowest BCUT2D eigenvalue weighted by Crippen LogP contribution is -2.02. The molecule has 21 heavy (non-hydrogen) atoms. The third-order valence-corrected chi connectivity index (χ3v) is 4.09. The van der Waals surface area contributed by atoms with Crippen LogP contribution in [0.1, 0.15) is 17.2 Å². The topological polar surface area (TPSA) is 20.2 Å². The van der Waals surface area contributed by atoms with E-state index in [4.69, 9.17) is 0 Å². The van der Waals surface area contributed by atoms with Gasteiger partial charge in [0.05, 0.1) is 0 Å². The minimum Gasteiger partial charge on any atom is -0.384 e. The van der Waals surface area contributed by atoms with E-state index >= 15 is 0 Å². The van der Waals surface area contributed by atoms with Crippen LogP contribution in [-0.4, -0.2) is 5.11 Å². The first kappa shape index (κ1) is 14.2. The highest BCUT2D eigenvalue weighted by Gasteiger charge is 2.16. The molecule has 106 valence electrons. The van der Waals surface area contributed by atoms with Crippen LogP contribution in [0.3, 0.4) is 0 Å². The highest BCUT2D eigenvalue weighted by atomic mass is 79.9. The van der Waals surface area contributed by atoms with E-state index in [0.29, 0.717) is 5.56 Å². The number of rotatable bonds is 2. The summed E-state index contributed by atoms with van der Waals surface area (Å²) < 4.78 is 27.5. The summed E-state index contributed by atoms with van der Waals surface area (Å²) in [6.07, 6.45) is -1.09. The van der Waals surface area contributed by atoms with Crippen LogP contribution in [0.4, 0.5) is 8.78 Å². The number of halogens is 3. The lowest BCUT2D eigenvalue weighted by atomic mass is 9.96. The first-order chi connectivity index (χ1) is 10.1. The molecule has 3 aromatic carbocycles. The Morgan fingerprint density at radius 1 is 0.857 bits per heavy atom. The Morgan fingerprint density at radius 3 is 2.14 bits per heavy atom. The van der Waals surface area contributed by atoms with Crippen molar-refractivity contribution in [2.45, 2.75) is 6.10 Å². The summed E-state index contributed by atoms with van der Waals surface area (Å²) in [6.45, 7) is 0. The van der Waals surface area contributed by atoms with Crippen molar-refractivity contribution in [3.63, 3.8) is 0 Å². The maximum Gasteiger partial charge on any atom is 0.126 e. The maximum atomic E-state index is 13.3. The van der Waals surface area contributed by atoms with Crippen LogP contribution >= 0.6 is 15.9 Å². The van der Waals surface area contributed by atoms with Crippen LogP contribution in [-0.2, 0) is 0 Å². The van der Waals surface area contributed by atoms with Crippen molar-refractivity contribution in [1.82, 2.24) is 0 Å². The van der Waals surface area contributed by atoms with Crippen LogP contribution in [0.2, 0.25) is 0 Å². The Hall–Kier alpha value is -1.78. The lowest BCUT2D eigenvalue weighted by molar-refractivity contribution is 0.221. The predicted octanol–water partition coefficient (Wildman–Crippen LogP) is 4.96. The summed E-state index contributed by atoms with van der Waals surface area (Å²) in [4.78, 5) is 0. The predicted molar refractivity (Wildman–Crippen MR) is 82.1 cm³/mol. The van der Waals surface area contributed by atoms with E-state index in [0.717, 1.165) is 33.4 Å². The Balaban J connectivity index is 2.18.